The first-order chi connectivity index (χ1) is 12.7. The third kappa shape index (κ3) is 3.05. The first-order valence-corrected chi connectivity index (χ1v) is 8.75. The average molecular weight is 354 g/mol. The van der Waals surface area contributed by atoms with Crippen LogP contribution in [0.2, 0.25) is 0 Å². The number of hydrogen-bond acceptors (Lipinski definition) is 6. The van der Waals surface area contributed by atoms with E-state index in [0.717, 1.165) is 23.8 Å². The van der Waals surface area contributed by atoms with E-state index in [1.54, 1.807) is 0 Å². The van der Waals surface area contributed by atoms with E-state index in [4.69, 9.17) is 10.5 Å². The Morgan fingerprint density at radius 1 is 1.19 bits per heavy atom. The summed E-state index contributed by atoms with van der Waals surface area (Å²) in [4.78, 5) is 8.49. The Kier molecular flexibility index (Phi) is 4.58. The summed E-state index contributed by atoms with van der Waals surface area (Å²) in [6.07, 6.45) is 3.71. The Morgan fingerprint density at radius 2 is 2.00 bits per heavy atom. The minimum absolute atomic E-state index is 0.120. The van der Waals surface area contributed by atoms with Crippen LogP contribution in [-0.4, -0.2) is 43.6 Å². The van der Waals surface area contributed by atoms with Gasteiger partial charge in [0.2, 0.25) is 0 Å². The number of benzene rings is 1. The summed E-state index contributed by atoms with van der Waals surface area (Å²) < 4.78 is 7.61. The molecule has 3 heterocycles. The molecule has 0 saturated carbocycles. The number of nitrogen functional groups attached to an aromatic ring is 1. The molecule has 4 rings (SSSR count). The second kappa shape index (κ2) is 7.03. The molecule has 1 fully saturated rings. The summed E-state index contributed by atoms with van der Waals surface area (Å²) in [6, 6.07) is 10.2. The fourth-order valence-electron chi connectivity index (χ4n) is 3.59. The Bertz CT molecular complexity index is 896. The number of fused-ring (bicyclic) bond motifs is 1. The minimum Gasteiger partial charge on any atom is -0.394 e. The van der Waals surface area contributed by atoms with Crippen LogP contribution in [0, 0.1) is 0 Å². The molecule has 7 nitrogen and oxygen atoms in total. The minimum atomic E-state index is -0.707. The van der Waals surface area contributed by atoms with Crippen LogP contribution in [0.1, 0.15) is 23.8 Å². The van der Waals surface area contributed by atoms with E-state index in [1.165, 1.54) is 11.9 Å². The standard InChI is InChI=1S/C19H22N4O3/c20-17-16-13(7-6-12-4-2-1-3-5-12)9-23(18(16)22-11-21-17)19-15(25)8-14(10-24)26-19/h1-5,9,11,14-15,19,24-25H,6-8,10H2,(H2,20,21,22)/t14-,15+,19+/m0/s1. The highest BCUT2D eigenvalue weighted by Gasteiger charge is 2.36. The molecule has 1 aliphatic rings. The van der Waals surface area contributed by atoms with Crippen LogP contribution >= 0.6 is 0 Å². The molecule has 0 unspecified atom stereocenters. The van der Waals surface area contributed by atoms with E-state index in [2.05, 4.69) is 22.1 Å². The lowest BCUT2D eigenvalue weighted by Crippen LogP contribution is -2.19. The second-order valence-electron chi connectivity index (χ2n) is 6.64. The van der Waals surface area contributed by atoms with E-state index >= 15 is 0 Å². The monoisotopic (exact) mass is 354 g/mol. The molecular weight excluding hydrogens is 332 g/mol. The zero-order chi connectivity index (χ0) is 18.1. The molecule has 1 aromatic carbocycles. The third-order valence-corrected chi connectivity index (χ3v) is 4.89. The first kappa shape index (κ1) is 17.0. The van der Waals surface area contributed by atoms with Crippen molar-refractivity contribution in [1.29, 1.82) is 0 Å². The van der Waals surface area contributed by atoms with Crippen LogP contribution < -0.4 is 5.73 Å². The van der Waals surface area contributed by atoms with Crippen LogP contribution in [-0.2, 0) is 17.6 Å². The van der Waals surface area contributed by atoms with Gasteiger partial charge in [-0.05, 0) is 24.0 Å². The van der Waals surface area contributed by atoms with Gasteiger partial charge in [-0.1, -0.05) is 30.3 Å². The number of rotatable bonds is 5. The molecule has 0 bridgehead atoms. The number of anilines is 1. The van der Waals surface area contributed by atoms with Crippen molar-refractivity contribution in [3.63, 3.8) is 0 Å². The van der Waals surface area contributed by atoms with Crippen molar-refractivity contribution in [1.82, 2.24) is 14.5 Å². The number of nitrogens with two attached hydrogens (primary N) is 1. The summed E-state index contributed by atoms with van der Waals surface area (Å²) in [5.74, 6) is 0.419. The molecule has 0 radical (unpaired) electrons. The lowest BCUT2D eigenvalue weighted by atomic mass is 10.0. The summed E-state index contributed by atoms with van der Waals surface area (Å²) in [7, 11) is 0. The fraction of sp³-hybridized carbons (Fsp3) is 0.368. The van der Waals surface area contributed by atoms with Gasteiger partial charge in [-0.2, -0.15) is 0 Å². The second-order valence-corrected chi connectivity index (χ2v) is 6.64. The van der Waals surface area contributed by atoms with E-state index in [1.807, 2.05) is 29.0 Å². The van der Waals surface area contributed by atoms with Gasteiger partial charge in [-0.3, -0.25) is 0 Å². The Hall–Kier alpha value is -2.48. The molecule has 7 heteroatoms. The molecule has 1 aliphatic heterocycles. The van der Waals surface area contributed by atoms with Crippen LogP contribution in [0.5, 0.6) is 0 Å². The van der Waals surface area contributed by atoms with Gasteiger partial charge >= 0.3 is 0 Å². The van der Waals surface area contributed by atoms with Gasteiger partial charge in [0, 0.05) is 12.6 Å². The van der Waals surface area contributed by atoms with Gasteiger partial charge in [-0.15, -0.1) is 0 Å². The SMILES string of the molecule is Nc1ncnc2c1c(CCc1ccccc1)cn2[C@@H]1O[C@H](CO)C[C@H]1O. The van der Waals surface area contributed by atoms with E-state index < -0.39 is 12.3 Å². The molecule has 0 spiro atoms. The van der Waals surface area contributed by atoms with Gasteiger partial charge in [0.15, 0.2) is 6.23 Å². The number of hydrogen-bond donors (Lipinski definition) is 3. The molecule has 2 aromatic heterocycles. The number of aryl methyl sites for hydroxylation is 2. The Morgan fingerprint density at radius 3 is 2.73 bits per heavy atom. The van der Waals surface area contributed by atoms with E-state index in [-0.39, 0.29) is 12.7 Å². The largest absolute Gasteiger partial charge is 0.394 e. The van der Waals surface area contributed by atoms with Gasteiger partial charge in [0.05, 0.1) is 18.1 Å². The van der Waals surface area contributed by atoms with Crippen LogP contribution in [0.25, 0.3) is 11.0 Å². The molecule has 26 heavy (non-hydrogen) atoms. The molecule has 0 amide bonds. The lowest BCUT2D eigenvalue weighted by molar-refractivity contribution is -0.0484. The average Bonchev–Trinajstić information content (AvgIpc) is 3.22. The summed E-state index contributed by atoms with van der Waals surface area (Å²) in [5.41, 5.74) is 9.02. The number of nitrogens with zero attached hydrogens (tertiary/aromatic N) is 3. The number of aromatic nitrogens is 3. The highest BCUT2D eigenvalue weighted by Crippen LogP contribution is 2.34. The normalized spacial score (nSPS) is 22.9. The predicted octanol–water partition coefficient (Wildman–Crippen LogP) is 1.44. The maximum atomic E-state index is 10.4. The zero-order valence-electron chi connectivity index (χ0n) is 14.3. The molecule has 4 N–H and O–H groups in total. The van der Waals surface area contributed by atoms with Crippen LogP contribution in [0.3, 0.4) is 0 Å². The van der Waals surface area contributed by atoms with Crippen LogP contribution in [0.4, 0.5) is 5.82 Å². The van der Waals surface area contributed by atoms with Gasteiger partial charge in [0.25, 0.3) is 0 Å². The molecular formula is C19H22N4O3. The predicted molar refractivity (Wildman–Crippen MR) is 97.4 cm³/mol. The van der Waals surface area contributed by atoms with Crippen molar-refractivity contribution in [2.45, 2.75) is 37.7 Å². The highest BCUT2D eigenvalue weighted by molar-refractivity contribution is 5.89. The van der Waals surface area contributed by atoms with Crippen molar-refractivity contribution in [3.05, 3.63) is 54.0 Å². The number of ether oxygens (including phenoxy) is 1. The van der Waals surface area contributed by atoms with Crippen molar-refractivity contribution in [2.24, 2.45) is 0 Å². The first-order valence-electron chi connectivity index (χ1n) is 8.75. The summed E-state index contributed by atoms with van der Waals surface area (Å²) in [6.45, 7) is -0.120. The number of aliphatic hydroxyl groups excluding tert-OH is 2. The highest BCUT2D eigenvalue weighted by atomic mass is 16.5. The molecule has 136 valence electrons. The Labute approximate surface area is 151 Å². The van der Waals surface area contributed by atoms with Gasteiger partial charge in [-0.25, -0.2) is 9.97 Å². The maximum absolute atomic E-state index is 10.4. The molecule has 3 atom stereocenters. The van der Waals surface area contributed by atoms with Gasteiger partial charge < -0.3 is 25.3 Å². The topological polar surface area (TPSA) is 106 Å². The smallest absolute Gasteiger partial charge is 0.161 e. The quantitative estimate of drug-likeness (QED) is 0.640. The maximum Gasteiger partial charge on any atom is 0.161 e. The van der Waals surface area contributed by atoms with Crippen LogP contribution in [0.15, 0.2) is 42.9 Å². The van der Waals surface area contributed by atoms with E-state index in [0.29, 0.717) is 17.9 Å². The number of aliphatic hydroxyl groups is 2. The fourth-order valence-corrected chi connectivity index (χ4v) is 3.59. The summed E-state index contributed by atoms with van der Waals surface area (Å²) >= 11 is 0. The van der Waals surface area contributed by atoms with Crippen molar-refractivity contribution in [3.8, 4) is 0 Å². The van der Waals surface area contributed by atoms with Crippen molar-refractivity contribution >= 4 is 16.9 Å². The van der Waals surface area contributed by atoms with Gasteiger partial charge in [0.1, 0.15) is 23.9 Å². The zero-order valence-corrected chi connectivity index (χ0v) is 14.3. The van der Waals surface area contributed by atoms with Crippen molar-refractivity contribution in [2.75, 3.05) is 12.3 Å². The molecule has 0 aliphatic carbocycles. The third-order valence-electron chi connectivity index (χ3n) is 4.89. The lowest BCUT2D eigenvalue weighted by Gasteiger charge is -2.17. The molecule has 1 saturated heterocycles. The van der Waals surface area contributed by atoms with E-state index in [9.17, 15) is 10.2 Å². The molecule has 3 aromatic rings. The summed E-state index contributed by atoms with van der Waals surface area (Å²) in [5, 5.41) is 20.5. The van der Waals surface area contributed by atoms with Crippen molar-refractivity contribution < 1.29 is 14.9 Å². The Balaban J connectivity index is 1.70.